The highest BCUT2D eigenvalue weighted by atomic mass is 14.8. The maximum absolute atomic E-state index is 5.58. The summed E-state index contributed by atoms with van der Waals surface area (Å²) in [5.41, 5.74) is 16.9. The molecule has 1 nitrogen and oxygen atoms in total. The minimum atomic E-state index is -0.727. The van der Waals surface area contributed by atoms with Crippen molar-refractivity contribution in [3.63, 3.8) is 0 Å². The van der Waals surface area contributed by atoms with Crippen LogP contribution in [-0.2, 0) is 11.8 Å². The van der Waals surface area contributed by atoms with Crippen molar-refractivity contribution in [2.24, 2.45) is 0 Å². The summed E-state index contributed by atoms with van der Waals surface area (Å²) in [6, 6.07) is 62.2. The van der Waals surface area contributed by atoms with Crippen molar-refractivity contribution < 1.29 is 0 Å². The van der Waals surface area contributed by atoms with Gasteiger partial charge >= 0.3 is 0 Å². The van der Waals surface area contributed by atoms with Crippen LogP contribution < -0.4 is 0 Å². The van der Waals surface area contributed by atoms with Crippen molar-refractivity contribution in [3.8, 4) is 22.3 Å². The molecule has 0 fully saturated rings. The molecule has 3 aliphatic rings. The van der Waals surface area contributed by atoms with Gasteiger partial charge in [0.05, 0.1) is 11.1 Å². The molecule has 0 saturated heterocycles. The van der Waals surface area contributed by atoms with E-state index in [1.54, 1.807) is 0 Å². The molecule has 11 aromatic carbocycles. The summed E-state index contributed by atoms with van der Waals surface area (Å²) < 4.78 is 0. The zero-order valence-corrected chi connectivity index (χ0v) is 36.5. The lowest BCUT2D eigenvalue weighted by molar-refractivity contribution is 0.736. The third kappa shape index (κ3) is 4.38. The second-order valence-electron chi connectivity index (χ2n) is 18.7. The molecule has 0 amide bonds. The lowest BCUT2D eigenvalue weighted by atomic mass is 9.68. The van der Waals surface area contributed by atoms with E-state index >= 15 is 0 Å². The number of allylic oxidation sites excluding steroid dienone is 6. The number of nitrogens with zero attached hydrogens (tertiary/aromatic N) is 1. The predicted molar refractivity (Wildman–Crippen MR) is 281 cm³/mol. The molecule has 1 unspecified atom stereocenters. The average Bonchev–Trinajstić information content (AvgIpc) is 3.83. The highest BCUT2D eigenvalue weighted by molar-refractivity contribution is 6.29. The topological polar surface area (TPSA) is 12.9 Å². The van der Waals surface area contributed by atoms with E-state index < -0.39 is 5.41 Å². The molecule has 0 bridgehead atoms. The quantitative estimate of drug-likeness (QED) is 0.161. The smallest absolute Gasteiger partial charge is 0.0901 e. The van der Waals surface area contributed by atoms with Gasteiger partial charge in [-0.1, -0.05) is 183 Å². The molecule has 1 aromatic heterocycles. The summed E-state index contributed by atoms with van der Waals surface area (Å²) in [5.74, 6) is 0. The van der Waals surface area contributed by atoms with Gasteiger partial charge < -0.3 is 0 Å². The summed E-state index contributed by atoms with van der Waals surface area (Å²) in [7, 11) is 0. The Hall–Kier alpha value is -8.13. The Morgan fingerprint density at radius 1 is 0.561 bits per heavy atom. The Labute approximate surface area is 382 Å². The molecule has 0 N–H and O–H groups in total. The molecule has 1 atom stereocenters. The Kier molecular flexibility index (Phi) is 7.14. The van der Waals surface area contributed by atoms with Gasteiger partial charge in [0.2, 0.25) is 0 Å². The number of rotatable bonds is 4. The third-order valence-corrected chi connectivity index (χ3v) is 15.8. The molecule has 0 aliphatic heterocycles. The minimum absolute atomic E-state index is 0.727. The standard InChI is InChI=1S/C65H41N/c1-3-45(48-30-26-42-23-21-38-14-9-16-40-27-31-49(48)58(42)56(38)40)60-53-20-11-35-66-64(53)65(54(60)4-2)55-36-44-13-6-7-18-46(44)61(62(55)52-34-25-37-12-5-8-19-47(37)63(52)65)51-33-29-43-24-22-39-15-10-17-41-28-32-50(51)59(43)57(39)41/h3-7,9-18,20-36H,2,8,19H2,1H3/b45-3-. The summed E-state index contributed by atoms with van der Waals surface area (Å²) in [4.78, 5) is 5.58. The molecule has 3 aliphatic carbocycles. The summed E-state index contributed by atoms with van der Waals surface area (Å²) in [6.45, 7) is 7.01. The second-order valence-corrected chi connectivity index (χ2v) is 18.7. The highest BCUT2D eigenvalue weighted by Gasteiger charge is 2.56. The van der Waals surface area contributed by atoms with Gasteiger partial charge in [0.25, 0.3) is 0 Å². The van der Waals surface area contributed by atoms with Crippen molar-refractivity contribution in [2.45, 2.75) is 25.2 Å². The van der Waals surface area contributed by atoms with Gasteiger partial charge in [0, 0.05) is 11.8 Å². The summed E-state index contributed by atoms with van der Waals surface area (Å²) in [6.07, 6.45) is 13.2. The first-order chi connectivity index (χ1) is 32.7. The minimum Gasteiger partial charge on any atom is -0.259 e. The molecule has 12 aromatic rings. The van der Waals surface area contributed by atoms with Gasteiger partial charge in [-0.2, -0.15) is 0 Å². The van der Waals surface area contributed by atoms with E-state index in [-0.39, 0.29) is 0 Å². The maximum Gasteiger partial charge on any atom is 0.0901 e. The van der Waals surface area contributed by atoms with Gasteiger partial charge in [0.15, 0.2) is 0 Å². The van der Waals surface area contributed by atoms with Gasteiger partial charge in [-0.05, 0) is 174 Å². The van der Waals surface area contributed by atoms with E-state index in [2.05, 4.69) is 195 Å². The average molecular weight is 836 g/mol. The molecular weight excluding hydrogens is 795 g/mol. The number of hydrogen-bond acceptors (Lipinski definition) is 1. The predicted octanol–water partition coefficient (Wildman–Crippen LogP) is 17.0. The summed E-state index contributed by atoms with van der Waals surface area (Å²) in [5, 5.41) is 18.0. The number of pyridine rings is 1. The first kappa shape index (κ1) is 36.2. The number of hydrogen-bond donors (Lipinski definition) is 0. The van der Waals surface area contributed by atoms with Crippen molar-refractivity contribution in [1.29, 1.82) is 0 Å². The molecule has 0 saturated carbocycles. The van der Waals surface area contributed by atoms with Crippen molar-refractivity contribution in [3.05, 3.63) is 239 Å². The van der Waals surface area contributed by atoms with Crippen LogP contribution in [0, 0.1) is 0 Å². The molecular formula is C65H41N. The monoisotopic (exact) mass is 835 g/mol. The fourth-order valence-corrected chi connectivity index (χ4v) is 13.3. The Morgan fingerprint density at radius 2 is 1.20 bits per heavy atom. The molecule has 1 spiro atoms. The highest BCUT2D eigenvalue weighted by Crippen LogP contribution is 2.67. The van der Waals surface area contributed by atoms with Crippen molar-refractivity contribution in [2.75, 3.05) is 0 Å². The Bertz CT molecular complexity index is 4220. The molecule has 66 heavy (non-hydrogen) atoms. The van der Waals surface area contributed by atoms with Crippen LogP contribution in [0.1, 0.15) is 52.4 Å². The van der Waals surface area contributed by atoms with Crippen LogP contribution in [0.3, 0.4) is 0 Å². The van der Waals surface area contributed by atoms with E-state index in [9.17, 15) is 0 Å². The number of aromatic nitrogens is 1. The van der Waals surface area contributed by atoms with Gasteiger partial charge in [0.1, 0.15) is 0 Å². The van der Waals surface area contributed by atoms with Crippen LogP contribution in [0.15, 0.2) is 200 Å². The third-order valence-electron chi connectivity index (χ3n) is 15.8. The normalized spacial score (nSPS) is 16.5. The first-order valence-corrected chi connectivity index (χ1v) is 23.4. The zero-order chi connectivity index (χ0) is 43.4. The number of fused-ring (bicyclic) bond motifs is 10. The zero-order valence-electron chi connectivity index (χ0n) is 36.5. The second kappa shape index (κ2) is 13.0. The largest absolute Gasteiger partial charge is 0.259 e. The van der Waals surface area contributed by atoms with Gasteiger partial charge in [-0.25, -0.2) is 0 Å². The van der Waals surface area contributed by atoms with Crippen LogP contribution in [0.25, 0.3) is 115 Å². The van der Waals surface area contributed by atoms with E-state index in [1.807, 2.05) is 6.20 Å². The van der Waals surface area contributed by atoms with E-state index in [1.165, 1.54) is 148 Å². The van der Waals surface area contributed by atoms with Gasteiger partial charge in [-0.3, -0.25) is 4.98 Å². The van der Waals surface area contributed by atoms with Gasteiger partial charge in [-0.15, -0.1) is 0 Å². The Balaban J connectivity index is 1.10. The lowest BCUT2D eigenvalue weighted by Crippen LogP contribution is -2.29. The fourth-order valence-electron chi connectivity index (χ4n) is 13.3. The van der Waals surface area contributed by atoms with E-state index in [4.69, 9.17) is 11.6 Å². The van der Waals surface area contributed by atoms with Crippen molar-refractivity contribution in [1.82, 2.24) is 4.98 Å². The lowest BCUT2D eigenvalue weighted by Gasteiger charge is -2.33. The fraction of sp³-hybridized carbons (Fsp3) is 0.0615. The van der Waals surface area contributed by atoms with Crippen molar-refractivity contribution >= 4 is 92.6 Å². The SMILES string of the molecule is C=CC1=C(/C(=C\C)c2ccc3ccc4cccc5ccc2c3c45)c2cccnc2C12c1cc3ccccc3c(-c3ccc4ccc5cccc6ccc3c4c56)c1-c1ccc3c(c12)CCC=C3. The summed E-state index contributed by atoms with van der Waals surface area (Å²) >= 11 is 0. The van der Waals surface area contributed by atoms with Crippen LogP contribution in [0.2, 0.25) is 0 Å². The molecule has 0 radical (unpaired) electrons. The Morgan fingerprint density at radius 3 is 1.94 bits per heavy atom. The van der Waals surface area contributed by atoms with Crippen LogP contribution in [0.4, 0.5) is 0 Å². The van der Waals surface area contributed by atoms with E-state index in [0.29, 0.717) is 0 Å². The van der Waals surface area contributed by atoms with E-state index in [0.717, 1.165) is 18.5 Å². The molecule has 306 valence electrons. The molecule has 1 heterocycles. The maximum atomic E-state index is 5.58. The van der Waals surface area contributed by atoms with Crippen LogP contribution in [0.5, 0.6) is 0 Å². The number of benzene rings is 11. The molecule has 1 heteroatoms. The van der Waals surface area contributed by atoms with Crippen LogP contribution >= 0.6 is 0 Å². The van der Waals surface area contributed by atoms with Crippen LogP contribution in [-0.4, -0.2) is 4.98 Å². The molecule has 15 rings (SSSR count). The first-order valence-electron chi connectivity index (χ1n) is 23.4.